The zero-order valence-electron chi connectivity index (χ0n) is 10.1. The molecule has 0 saturated heterocycles. The van der Waals surface area contributed by atoms with Crippen LogP contribution in [0.3, 0.4) is 0 Å². The zero-order valence-corrected chi connectivity index (χ0v) is 10.1. The van der Waals surface area contributed by atoms with Gasteiger partial charge in [-0.25, -0.2) is 0 Å². The molecule has 18 heavy (non-hydrogen) atoms. The molecule has 1 aromatic carbocycles. The fraction of sp³-hybridized carbons (Fsp3) is 0.417. The lowest BCUT2D eigenvalue weighted by Gasteiger charge is -2.10. The van der Waals surface area contributed by atoms with E-state index in [1.165, 1.54) is 12.1 Å². The summed E-state index contributed by atoms with van der Waals surface area (Å²) in [4.78, 5) is 10.7. The van der Waals surface area contributed by atoms with Gasteiger partial charge in [-0.1, -0.05) is 26.0 Å². The quantitative estimate of drug-likeness (QED) is 0.874. The predicted molar refractivity (Wildman–Crippen MR) is 63.1 cm³/mol. The van der Waals surface area contributed by atoms with Gasteiger partial charge in [0.15, 0.2) is 0 Å². The third kappa shape index (κ3) is 4.75. The normalized spacial score (nSPS) is 11.7. The summed E-state index contributed by atoms with van der Waals surface area (Å²) >= 11 is 0. The number of hydrogen-bond donors (Lipinski definition) is 2. The topological polar surface area (TPSA) is 41.1 Å². The summed E-state index contributed by atoms with van der Waals surface area (Å²) < 4.78 is 36.0. The molecule has 0 unspecified atom stereocenters. The van der Waals surface area contributed by atoms with Crippen molar-refractivity contribution in [1.82, 2.24) is 5.32 Å². The van der Waals surface area contributed by atoms with Crippen LogP contribution in [0, 0.1) is 0 Å². The lowest BCUT2D eigenvalue weighted by Crippen LogP contribution is -2.29. The van der Waals surface area contributed by atoms with E-state index in [2.05, 4.69) is 5.32 Å². The van der Waals surface area contributed by atoms with Crippen molar-refractivity contribution in [3.63, 3.8) is 0 Å². The molecule has 3 nitrogen and oxygen atoms in total. The molecule has 0 bridgehead atoms. The van der Waals surface area contributed by atoms with Crippen LogP contribution in [0.15, 0.2) is 24.3 Å². The molecular formula is C12H15F3N2O. The van der Waals surface area contributed by atoms with Gasteiger partial charge in [0, 0.05) is 18.3 Å². The van der Waals surface area contributed by atoms with E-state index in [0.29, 0.717) is 12.6 Å². The van der Waals surface area contributed by atoms with Gasteiger partial charge >= 0.3 is 12.1 Å². The molecule has 1 amide bonds. The second kappa shape index (κ2) is 5.86. The van der Waals surface area contributed by atoms with Crippen LogP contribution in [0.2, 0.25) is 0 Å². The fourth-order valence-corrected chi connectivity index (χ4v) is 1.23. The number of rotatable bonds is 4. The number of nitrogens with one attached hydrogen (secondary N) is 2. The van der Waals surface area contributed by atoms with Crippen molar-refractivity contribution in [3.05, 3.63) is 29.8 Å². The Morgan fingerprint density at radius 3 is 2.22 bits per heavy atom. The van der Waals surface area contributed by atoms with Gasteiger partial charge in [-0.2, -0.15) is 13.2 Å². The Morgan fingerprint density at radius 1 is 1.22 bits per heavy atom. The van der Waals surface area contributed by atoms with E-state index in [0.717, 1.165) is 5.56 Å². The van der Waals surface area contributed by atoms with Crippen molar-refractivity contribution >= 4 is 11.6 Å². The van der Waals surface area contributed by atoms with Crippen molar-refractivity contribution < 1.29 is 18.0 Å². The number of carbonyl (C=O) groups excluding carboxylic acids is 1. The molecule has 0 spiro atoms. The van der Waals surface area contributed by atoms with Gasteiger partial charge in [-0.3, -0.25) is 4.79 Å². The number of halogens is 3. The number of amides is 1. The molecule has 0 heterocycles. The van der Waals surface area contributed by atoms with E-state index in [1.54, 1.807) is 17.4 Å². The zero-order chi connectivity index (χ0) is 13.8. The van der Waals surface area contributed by atoms with E-state index < -0.39 is 12.1 Å². The van der Waals surface area contributed by atoms with E-state index in [4.69, 9.17) is 0 Å². The molecule has 1 aromatic rings. The van der Waals surface area contributed by atoms with Crippen LogP contribution in [-0.2, 0) is 11.3 Å². The Hall–Kier alpha value is -1.56. The molecule has 1 rings (SSSR count). The van der Waals surface area contributed by atoms with Crippen molar-refractivity contribution in [2.45, 2.75) is 32.6 Å². The minimum absolute atomic E-state index is 0.130. The molecule has 0 atom stereocenters. The summed E-state index contributed by atoms with van der Waals surface area (Å²) in [7, 11) is 0. The maximum atomic E-state index is 12.0. The Balaban J connectivity index is 2.58. The molecule has 0 aromatic heterocycles. The highest BCUT2D eigenvalue weighted by molar-refractivity contribution is 5.94. The van der Waals surface area contributed by atoms with Crippen molar-refractivity contribution in [2.24, 2.45) is 0 Å². The molecule has 0 aliphatic carbocycles. The number of hydrogen-bond acceptors (Lipinski definition) is 2. The highest BCUT2D eigenvalue weighted by atomic mass is 19.4. The van der Waals surface area contributed by atoms with Crippen LogP contribution < -0.4 is 10.6 Å². The van der Waals surface area contributed by atoms with Crippen LogP contribution in [0.4, 0.5) is 18.9 Å². The van der Waals surface area contributed by atoms with E-state index in [1.807, 2.05) is 13.8 Å². The second-order valence-electron chi connectivity index (χ2n) is 4.18. The van der Waals surface area contributed by atoms with Crippen LogP contribution in [0.1, 0.15) is 19.4 Å². The summed E-state index contributed by atoms with van der Waals surface area (Å²) in [5.41, 5.74) is 1.07. The van der Waals surface area contributed by atoms with Crippen LogP contribution in [-0.4, -0.2) is 18.1 Å². The molecule has 0 aliphatic heterocycles. The lowest BCUT2D eigenvalue weighted by molar-refractivity contribution is -0.167. The molecule has 0 saturated carbocycles. The van der Waals surface area contributed by atoms with Gasteiger partial charge in [-0.15, -0.1) is 0 Å². The summed E-state index contributed by atoms with van der Waals surface area (Å²) in [6, 6.07) is 6.56. The smallest absolute Gasteiger partial charge is 0.318 e. The maximum Gasteiger partial charge on any atom is 0.471 e. The monoisotopic (exact) mass is 260 g/mol. The molecule has 0 fully saturated rings. The molecular weight excluding hydrogens is 245 g/mol. The SMILES string of the molecule is CC(C)NCc1ccc(NC(=O)C(F)(F)F)cc1. The Morgan fingerprint density at radius 2 is 1.78 bits per heavy atom. The Bertz CT molecular complexity index is 399. The van der Waals surface area contributed by atoms with Crippen LogP contribution >= 0.6 is 0 Å². The van der Waals surface area contributed by atoms with Crippen molar-refractivity contribution in [2.75, 3.05) is 5.32 Å². The largest absolute Gasteiger partial charge is 0.471 e. The first-order valence-corrected chi connectivity index (χ1v) is 5.49. The fourth-order valence-electron chi connectivity index (χ4n) is 1.23. The summed E-state index contributed by atoms with van der Waals surface area (Å²) in [5.74, 6) is -1.96. The highest BCUT2D eigenvalue weighted by Crippen LogP contribution is 2.18. The minimum Gasteiger partial charge on any atom is -0.318 e. The van der Waals surface area contributed by atoms with Gasteiger partial charge in [0.1, 0.15) is 0 Å². The van der Waals surface area contributed by atoms with Gasteiger partial charge in [0.25, 0.3) is 0 Å². The minimum atomic E-state index is -4.86. The Labute approximate surface area is 103 Å². The first-order chi connectivity index (χ1) is 8.29. The van der Waals surface area contributed by atoms with Gasteiger partial charge in [-0.05, 0) is 17.7 Å². The highest BCUT2D eigenvalue weighted by Gasteiger charge is 2.38. The molecule has 2 N–H and O–H groups in total. The first-order valence-electron chi connectivity index (χ1n) is 5.49. The van der Waals surface area contributed by atoms with Crippen LogP contribution in [0.5, 0.6) is 0 Å². The molecule has 100 valence electrons. The van der Waals surface area contributed by atoms with Crippen molar-refractivity contribution in [3.8, 4) is 0 Å². The summed E-state index contributed by atoms with van der Waals surface area (Å²) in [6.45, 7) is 4.63. The average Bonchev–Trinajstić information content (AvgIpc) is 2.26. The second-order valence-corrected chi connectivity index (χ2v) is 4.18. The maximum absolute atomic E-state index is 12.0. The Kier molecular flexibility index (Phi) is 4.72. The van der Waals surface area contributed by atoms with E-state index in [-0.39, 0.29) is 5.69 Å². The number of alkyl halides is 3. The van der Waals surface area contributed by atoms with Crippen LogP contribution in [0.25, 0.3) is 0 Å². The van der Waals surface area contributed by atoms with Crippen molar-refractivity contribution in [1.29, 1.82) is 0 Å². The number of carbonyl (C=O) groups is 1. The molecule has 6 heteroatoms. The molecule has 0 aliphatic rings. The standard InChI is InChI=1S/C12H15F3N2O/c1-8(2)16-7-9-3-5-10(6-4-9)17-11(18)12(13,14)15/h3-6,8,16H,7H2,1-2H3,(H,17,18). The summed E-state index contributed by atoms with van der Waals surface area (Å²) in [6.07, 6.45) is -4.86. The van der Waals surface area contributed by atoms with Gasteiger partial charge in [0.2, 0.25) is 0 Å². The van der Waals surface area contributed by atoms with Gasteiger partial charge < -0.3 is 10.6 Å². The lowest BCUT2D eigenvalue weighted by atomic mass is 10.2. The molecule has 0 radical (unpaired) electrons. The average molecular weight is 260 g/mol. The van der Waals surface area contributed by atoms with Gasteiger partial charge in [0.05, 0.1) is 0 Å². The third-order valence-electron chi connectivity index (χ3n) is 2.18. The number of anilines is 1. The van der Waals surface area contributed by atoms with E-state index in [9.17, 15) is 18.0 Å². The third-order valence-corrected chi connectivity index (χ3v) is 2.18. The first kappa shape index (κ1) is 14.5. The summed E-state index contributed by atoms with van der Waals surface area (Å²) in [5, 5.41) is 4.97. The van der Waals surface area contributed by atoms with E-state index >= 15 is 0 Å². The number of benzene rings is 1. The predicted octanol–water partition coefficient (Wildman–Crippen LogP) is 2.69.